The van der Waals surface area contributed by atoms with Crippen molar-refractivity contribution >= 4 is 5.57 Å². The Morgan fingerprint density at radius 1 is 1.00 bits per heavy atom. The maximum atomic E-state index is 13.7. The summed E-state index contributed by atoms with van der Waals surface area (Å²) in [4.78, 5) is 2.49. The number of hydrogen-bond acceptors (Lipinski definition) is 2. The van der Waals surface area contributed by atoms with Gasteiger partial charge >= 0.3 is 0 Å². The molecule has 1 aliphatic heterocycles. The highest BCUT2D eigenvalue weighted by atomic mass is 19.1. The molecule has 1 fully saturated rings. The maximum Gasteiger partial charge on any atom is 0.132 e. The molecule has 1 aliphatic carbocycles. The molecule has 29 heavy (non-hydrogen) atoms. The third kappa shape index (κ3) is 4.50. The molecule has 2 nitrogen and oxygen atoms in total. The summed E-state index contributed by atoms with van der Waals surface area (Å²) in [5, 5.41) is 0. The molecule has 1 saturated heterocycles. The van der Waals surface area contributed by atoms with E-state index in [4.69, 9.17) is 4.74 Å². The first kappa shape index (κ1) is 20.0. The summed E-state index contributed by atoms with van der Waals surface area (Å²) in [6.45, 7) is 6.06. The predicted molar refractivity (Wildman–Crippen MR) is 109 cm³/mol. The molecule has 4 rings (SSSR count). The topological polar surface area (TPSA) is 12.5 Å². The molecule has 0 spiro atoms. The first-order valence-electron chi connectivity index (χ1n) is 10.3. The minimum absolute atomic E-state index is 0.0871. The molecule has 0 amide bonds. The van der Waals surface area contributed by atoms with Crippen molar-refractivity contribution in [2.45, 2.75) is 39.0 Å². The third-order valence-electron chi connectivity index (χ3n) is 6.02. The second kappa shape index (κ2) is 8.62. The first-order valence-corrected chi connectivity index (χ1v) is 10.3. The zero-order chi connectivity index (χ0) is 20.4. The molecule has 2 aromatic rings. The second-order valence-corrected chi connectivity index (χ2v) is 7.98. The Bertz CT molecular complexity index is 911. The van der Waals surface area contributed by atoms with Crippen LogP contribution >= 0.6 is 0 Å². The summed E-state index contributed by atoms with van der Waals surface area (Å²) >= 11 is 0. The van der Waals surface area contributed by atoms with Crippen LogP contribution in [0, 0.1) is 17.5 Å². The van der Waals surface area contributed by atoms with Gasteiger partial charge in [-0.1, -0.05) is 11.6 Å². The molecule has 154 valence electrons. The molecule has 0 N–H and O–H groups in total. The monoisotopic (exact) mass is 401 g/mol. The molecule has 2 aromatic carbocycles. The molecule has 0 radical (unpaired) electrons. The number of allylic oxidation sites excluding steroid dienone is 1. The molecular weight excluding hydrogens is 375 g/mol. The van der Waals surface area contributed by atoms with Crippen LogP contribution in [0.3, 0.4) is 0 Å². The SMILES string of the molecule is CC1=C(CN2CCC2)CCc2cc(OCCCc3c(F)cc(F)cc3F)ccc21. The average molecular weight is 401 g/mol. The van der Waals surface area contributed by atoms with E-state index in [1.54, 1.807) is 0 Å². The van der Waals surface area contributed by atoms with E-state index < -0.39 is 17.5 Å². The van der Waals surface area contributed by atoms with Gasteiger partial charge in [0.05, 0.1) is 6.61 Å². The molecule has 2 aliphatic rings. The number of aryl methyl sites for hydroxylation is 1. The van der Waals surface area contributed by atoms with E-state index in [1.165, 1.54) is 41.8 Å². The quantitative estimate of drug-likeness (QED) is 0.565. The summed E-state index contributed by atoms with van der Waals surface area (Å²) in [6.07, 6.45) is 4.03. The Hall–Kier alpha value is -2.27. The largest absolute Gasteiger partial charge is 0.494 e. The van der Waals surface area contributed by atoms with Crippen LogP contribution in [0.4, 0.5) is 13.2 Å². The van der Waals surface area contributed by atoms with E-state index in [0.717, 1.165) is 37.3 Å². The van der Waals surface area contributed by atoms with E-state index in [0.29, 0.717) is 13.0 Å². The lowest BCUT2D eigenvalue weighted by Crippen LogP contribution is -2.38. The van der Waals surface area contributed by atoms with E-state index in [-0.39, 0.29) is 12.0 Å². The molecule has 1 heterocycles. The van der Waals surface area contributed by atoms with Gasteiger partial charge in [0.25, 0.3) is 0 Å². The fourth-order valence-electron chi connectivity index (χ4n) is 4.15. The molecule has 0 atom stereocenters. The number of benzene rings is 2. The predicted octanol–water partition coefficient (Wildman–Crippen LogP) is 5.54. The van der Waals surface area contributed by atoms with Gasteiger partial charge in [-0.2, -0.15) is 0 Å². The average Bonchev–Trinajstić information content (AvgIpc) is 2.64. The highest BCUT2D eigenvalue weighted by molar-refractivity contribution is 5.72. The highest BCUT2D eigenvalue weighted by Gasteiger charge is 2.21. The van der Waals surface area contributed by atoms with Crippen LogP contribution in [0.2, 0.25) is 0 Å². The van der Waals surface area contributed by atoms with Gasteiger partial charge in [0.2, 0.25) is 0 Å². The van der Waals surface area contributed by atoms with Crippen LogP contribution in [-0.4, -0.2) is 31.1 Å². The molecule has 0 saturated carbocycles. The Kier molecular flexibility index (Phi) is 5.95. The van der Waals surface area contributed by atoms with Crippen molar-refractivity contribution in [2.75, 3.05) is 26.2 Å². The summed E-state index contributed by atoms with van der Waals surface area (Å²) in [7, 11) is 0. The Balaban J connectivity index is 1.34. The fourth-order valence-corrected chi connectivity index (χ4v) is 4.15. The molecule has 0 bridgehead atoms. The van der Waals surface area contributed by atoms with E-state index in [9.17, 15) is 13.2 Å². The lowest BCUT2D eigenvalue weighted by atomic mass is 9.85. The van der Waals surface area contributed by atoms with Gasteiger partial charge in [0.15, 0.2) is 0 Å². The smallest absolute Gasteiger partial charge is 0.132 e. The number of ether oxygens (including phenoxy) is 1. The molecule has 0 unspecified atom stereocenters. The van der Waals surface area contributed by atoms with Crippen molar-refractivity contribution < 1.29 is 17.9 Å². The minimum Gasteiger partial charge on any atom is -0.494 e. The maximum absolute atomic E-state index is 13.7. The van der Waals surface area contributed by atoms with Crippen molar-refractivity contribution in [1.82, 2.24) is 4.90 Å². The Morgan fingerprint density at radius 2 is 1.76 bits per heavy atom. The van der Waals surface area contributed by atoms with Crippen molar-refractivity contribution in [2.24, 2.45) is 0 Å². The number of rotatable bonds is 7. The standard InChI is InChI=1S/C24H26F3NO/c1-16-18(15-28-9-3-10-28)6-5-17-12-20(7-8-21(16)17)29-11-2-4-22-23(26)13-19(25)14-24(22)27/h7-8,12-14H,2-6,9-11,15H2,1H3. The third-order valence-corrected chi connectivity index (χ3v) is 6.02. The Labute approximate surface area is 170 Å². The number of hydrogen-bond donors (Lipinski definition) is 0. The molecule has 0 aromatic heterocycles. The highest BCUT2D eigenvalue weighted by Crippen LogP contribution is 2.34. The van der Waals surface area contributed by atoms with E-state index >= 15 is 0 Å². The van der Waals surface area contributed by atoms with Gasteiger partial charge in [-0.15, -0.1) is 0 Å². The minimum atomic E-state index is -0.897. The summed E-state index contributed by atoms with van der Waals surface area (Å²) < 4.78 is 46.2. The van der Waals surface area contributed by atoms with Gasteiger partial charge in [-0.25, -0.2) is 13.2 Å². The van der Waals surface area contributed by atoms with Gasteiger partial charge in [-0.3, -0.25) is 4.90 Å². The van der Waals surface area contributed by atoms with Gasteiger partial charge < -0.3 is 4.74 Å². The Morgan fingerprint density at radius 3 is 2.45 bits per heavy atom. The van der Waals surface area contributed by atoms with Crippen LogP contribution < -0.4 is 4.74 Å². The number of halogens is 3. The lowest BCUT2D eigenvalue weighted by molar-refractivity contribution is 0.197. The normalized spacial score (nSPS) is 16.6. The van der Waals surface area contributed by atoms with Crippen LogP contribution in [0.5, 0.6) is 5.75 Å². The van der Waals surface area contributed by atoms with Crippen LogP contribution in [0.1, 0.15) is 42.9 Å². The van der Waals surface area contributed by atoms with E-state index in [1.807, 2.05) is 6.07 Å². The van der Waals surface area contributed by atoms with Crippen molar-refractivity contribution in [3.8, 4) is 5.75 Å². The number of likely N-dealkylation sites (tertiary alicyclic amines) is 1. The summed E-state index contributed by atoms with van der Waals surface area (Å²) in [5.74, 6) is -1.80. The summed E-state index contributed by atoms with van der Waals surface area (Å²) in [6, 6.07) is 7.60. The van der Waals surface area contributed by atoms with Gasteiger partial charge in [0, 0.05) is 24.2 Å². The second-order valence-electron chi connectivity index (χ2n) is 7.98. The zero-order valence-electron chi connectivity index (χ0n) is 16.7. The van der Waals surface area contributed by atoms with Crippen molar-refractivity contribution in [1.29, 1.82) is 0 Å². The number of nitrogens with zero attached hydrogens (tertiary/aromatic N) is 1. The van der Waals surface area contributed by atoms with Gasteiger partial charge in [0.1, 0.15) is 23.2 Å². The van der Waals surface area contributed by atoms with Gasteiger partial charge in [-0.05, 0) is 81.0 Å². The van der Waals surface area contributed by atoms with Crippen LogP contribution in [0.15, 0.2) is 35.9 Å². The first-order chi connectivity index (χ1) is 14.0. The van der Waals surface area contributed by atoms with E-state index in [2.05, 4.69) is 24.0 Å². The zero-order valence-corrected chi connectivity index (χ0v) is 16.7. The fraction of sp³-hybridized carbons (Fsp3) is 0.417. The van der Waals surface area contributed by atoms with Crippen LogP contribution in [-0.2, 0) is 12.8 Å². The van der Waals surface area contributed by atoms with Crippen LogP contribution in [0.25, 0.3) is 5.57 Å². The molecular formula is C24H26F3NO. The van der Waals surface area contributed by atoms with Crippen molar-refractivity contribution in [3.63, 3.8) is 0 Å². The number of fused-ring (bicyclic) bond motifs is 1. The summed E-state index contributed by atoms with van der Waals surface area (Å²) in [5.41, 5.74) is 5.43. The lowest BCUT2D eigenvalue weighted by Gasteiger charge is -2.33. The van der Waals surface area contributed by atoms with Crippen molar-refractivity contribution in [3.05, 3.63) is 70.0 Å². The molecule has 5 heteroatoms.